The van der Waals surface area contributed by atoms with Crippen molar-refractivity contribution in [3.63, 3.8) is 0 Å². The Labute approximate surface area is 95.9 Å². The summed E-state index contributed by atoms with van der Waals surface area (Å²) in [4.78, 5) is 11.4. The first-order chi connectivity index (χ1) is 7.65. The molecule has 0 amide bonds. The van der Waals surface area contributed by atoms with E-state index < -0.39 is 5.60 Å². The Balaban J connectivity index is 2.36. The summed E-state index contributed by atoms with van der Waals surface area (Å²) in [5.41, 5.74) is 1.93. The summed E-state index contributed by atoms with van der Waals surface area (Å²) in [5.74, 6) is -0.348. The highest BCUT2D eigenvalue weighted by Gasteiger charge is 2.34. The van der Waals surface area contributed by atoms with Crippen LogP contribution in [-0.4, -0.2) is 5.97 Å². The van der Waals surface area contributed by atoms with E-state index in [1.54, 1.807) is 0 Å². The topological polar surface area (TPSA) is 26.3 Å². The molecule has 0 saturated carbocycles. The highest BCUT2D eigenvalue weighted by atomic mass is 16.6. The van der Waals surface area contributed by atoms with Crippen LogP contribution in [0.25, 0.3) is 0 Å². The Bertz CT molecular complexity index is 422. The number of carbonyl (C=O) groups excluding carboxylic acids is 1. The van der Waals surface area contributed by atoms with Crippen molar-refractivity contribution >= 4 is 5.97 Å². The Morgan fingerprint density at radius 3 is 3.00 bits per heavy atom. The Morgan fingerprint density at radius 2 is 2.25 bits per heavy atom. The lowest BCUT2D eigenvalue weighted by molar-refractivity contribution is -0.154. The van der Waals surface area contributed by atoms with Crippen LogP contribution in [0.15, 0.2) is 36.9 Å². The second-order valence-corrected chi connectivity index (χ2v) is 4.37. The van der Waals surface area contributed by atoms with Crippen molar-refractivity contribution in [1.29, 1.82) is 0 Å². The van der Waals surface area contributed by atoms with Gasteiger partial charge in [-0.1, -0.05) is 30.8 Å². The van der Waals surface area contributed by atoms with Crippen LogP contribution in [0.3, 0.4) is 0 Å². The molecule has 0 N–H and O–H groups in total. The lowest BCUT2D eigenvalue weighted by atomic mass is 9.80. The fourth-order valence-electron chi connectivity index (χ4n) is 2.37. The molecule has 1 aromatic rings. The zero-order chi connectivity index (χ0) is 11.6. The molecule has 1 unspecified atom stereocenters. The third-order valence-electron chi connectivity index (χ3n) is 3.18. The summed E-state index contributed by atoms with van der Waals surface area (Å²) in [6, 6.07) is 8.17. The minimum Gasteiger partial charge on any atom is -0.451 e. The average molecular weight is 216 g/mol. The zero-order valence-corrected chi connectivity index (χ0v) is 9.53. The monoisotopic (exact) mass is 216 g/mol. The minimum atomic E-state index is -0.486. The number of hydrogen-bond acceptors (Lipinski definition) is 2. The number of ether oxygens (including phenoxy) is 1. The van der Waals surface area contributed by atoms with Crippen LogP contribution in [-0.2, 0) is 21.6 Å². The van der Waals surface area contributed by atoms with Gasteiger partial charge in [-0.05, 0) is 37.3 Å². The van der Waals surface area contributed by atoms with E-state index in [1.165, 1.54) is 11.6 Å². The fraction of sp³-hybridized carbons (Fsp3) is 0.357. The Kier molecular flexibility index (Phi) is 2.82. The molecule has 2 nitrogen and oxygen atoms in total. The molecule has 0 spiro atoms. The second kappa shape index (κ2) is 4.12. The number of benzene rings is 1. The molecule has 2 rings (SSSR count). The molecule has 0 radical (unpaired) electrons. The van der Waals surface area contributed by atoms with E-state index in [1.807, 2.05) is 25.1 Å². The average Bonchev–Trinajstić information content (AvgIpc) is 2.29. The SMILES string of the molecule is C=CC(=O)OC1(C)CCCc2ccccc21. The molecular weight excluding hydrogens is 200 g/mol. The molecule has 0 fully saturated rings. The third-order valence-corrected chi connectivity index (χ3v) is 3.18. The first kappa shape index (κ1) is 10.9. The van der Waals surface area contributed by atoms with Crippen molar-refractivity contribution in [2.24, 2.45) is 0 Å². The number of carbonyl (C=O) groups is 1. The van der Waals surface area contributed by atoms with Crippen LogP contribution >= 0.6 is 0 Å². The molecule has 16 heavy (non-hydrogen) atoms. The number of fused-ring (bicyclic) bond motifs is 1. The van der Waals surface area contributed by atoms with Crippen molar-refractivity contribution in [2.45, 2.75) is 31.8 Å². The van der Waals surface area contributed by atoms with Gasteiger partial charge in [-0.2, -0.15) is 0 Å². The number of esters is 1. The lowest BCUT2D eigenvalue weighted by Gasteiger charge is -2.35. The van der Waals surface area contributed by atoms with Crippen molar-refractivity contribution < 1.29 is 9.53 Å². The first-order valence-corrected chi connectivity index (χ1v) is 5.59. The Morgan fingerprint density at radius 1 is 1.50 bits per heavy atom. The van der Waals surface area contributed by atoms with Gasteiger partial charge < -0.3 is 4.74 Å². The van der Waals surface area contributed by atoms with Gasteiger partial charge in [0.1, 0.15) is 5.60 Å². The van der Waals surface area contributed by atoms with Gasteiger partial charge in [0, 0.05) is 6.08 Å². The number of rotatable bonds is 2. The number of hydrogen-bond donors (Lipinski definition) is 0. The van der Waals surface area contributed by atoms with Crippen molar-refractivity contribution in [3.8, 4) is 0 Å². The van der Waals surface area contributed by atoms with Gasteiger partial charge in [0.25, 0.3) is 0 Å². The largest absolute Gasteiger partial charge is 0.451 e. The van der Waals surface area contributed by atoms with Crippen LogP contribution in [0.1, 0.15) is 30.9 Å². The molecule has 0 bridgehead atoms. The van der Waals surface area contributed by atoms with E-state index in [0.717, 1.165) is 24.8 Å². The quantitative estimate of drug-likeness (QED) is 0.561. The maximum Gasteiger partial charge on any atom is 0.331 e. The Hall–Kier alpha value is -1.57. The molecule has 1 atom stereocenters. The predicted molar refractivity (Wildman–Crippen MR) is 63.0 cm³/mol. The van der Waals surface area contributed by atoms with Gasteiger partial charge in [-0.25, -0.2) is 4.79 Å². The minimum absolute atomic E-state index is 0.348. The highest BCUT2D eigenvalue weighted by molar-refractivity contribution is 5.81. The van der Waals surface area contributed by atoms with E-state index in [0.29, 0.717) is 0 Å². The van der Waals surface area contributed by atoms with Gasteiger partial charge in [-0.3, -0.25) is 0 Å². The molecule has 1 aromatic carbocycles. The van der Waals surface area contributed by atoms with Crippen LogP contribution in [0.2, 0.25) is 0 Å². The van der Waals surface area contributed by atoms with Crippen LogP contribution in [0.5, 0.6) is 0 Å². The van der Waals surface area contributed by atoms with Crippen LogP contribution in [0, 0.1) is 0 Å². The van der Waals surface area contributed by atoms with Gasteiger partial charge in [0.2, 0.25) is 0 Å². The smallest absolute Gasteiger partial charge is 0.331 e. The van der Waals surface area contributed by atoms with E-state index in [4.69, 9.17) is 4.74 Å². The zero-order valence-electron chi connectivity index (χ0n) is 9.53. The molecule has 0 saturated heterocycles. The molecule has 1 aliphatic carbocycles. The van der Waals surface area contributed by atoms with Crippen molar-refractivity contribution in [2.75, 3.05) is 0 Å². The molecule has 84 valence electrons. The second-order valence-electron chi connectivity index (χ2n) is 4.37. The van der Waals surface area contributed by atoms with Crippen molar-refractivity contribution in [3.05, 3.63) is 48.0 Å². The summed E-state index contributed by atoms with van der Waals surface area (Å²) in [6.07, 6.45) is 4.22. The summed E-state index contributed by atoms with van der Waals surface area (Å²) in [7, 11) is 0. The van der Waals surface area contributed by atoms with Gasteiger partial charge >= 0.3 is 5.97 Å². The molecule has 2 heteroatoms. The molecule has 1 aliphatic rings. The lowest BCUT2D eigenvalue weighted by Crippen LogP contribution is -2.32. The fourth-order valence-corrected chi connectivity index (χ4v) is 2.37. The van der Waals surface area contributed by atoms with Crippen LogP contribution < -0.4 is 0 Å². The maximum absolute atomic E-state index is 11.4. The van der Waals surface area contributed by atoms with Crippen molar-refractivity contribution in [1.82, 2.24) is 0 Å². The standard InChI is InChI=1S/C14H16O2/c1-3-13(15)16-14(2)10-6-8-11-7-4-5-9-12(11)14/h3-5,7,9H,1,6,8,10H2,2H3. The molecule has 0 aliphatic heterocycles. The predicted octanol–water partition coefficient (Wildman–Crippen LogP) is 2.97. The summed E-state index contributed by atoms with van der Waals surface area (Å²) < 4.78 is 5.50. The maximum atomic E-state index is 11.4. The normalized spacial score (nSPS) is 23.3. The molecule has 0 aromatic heterocycles. The van der Waals surface area contributed by atoms with Gasteiger partial charge in [0.05, 0.1) is 0 Å². The van der Waals surface area contributed by atoms with E-state index >= 15 is 0 Å². The van der Waals surface area contributed by atoms with Crippen LogP contribution in [0.4, 0.5) is 0 Å². The van der Waals surface area contributed by atoms with Gasteiger partial charge in [-0.15, -0.1) is 0 Å². The summed E-state index contributed by atoms with van der Waals surface area (Å²) >= 11 is 0. The molecule has 0 heterocycles. The highest BCUT2D eigenvalue weighted by Crippen LogP contribution is 2.38. The summed E-state index contributed by atoms with van der Waals surface area (Å²) in [5, 5.41) is 0. The van der Waals surface area contributed by atoms with E-state index in [2.05, 4.69) is 12.6 Å². The third kappa shape index (κ3) is 1.87. The summed E-state index contributed by atoms with van der Waals surface area (Å²) in [6.45, 7) is 5.42. The first-order valence-electron chi connectivity index (χ1n) is 5.59. The van der Waals surface area contributed by atoms with Gasteiger partial charge in [0.15, 0.2) is 0 Å². The molecular formula is C14H16O2. The van der Waals surface area contributed by atoms with E-state index in [-0.39, 0.29) is 5.97 Å². The number of aryl methyl sites for hydroxylation is 1. The van der Waals surface area contributed by atoms with E-state index in [9.17, 15) is 4.79 Å².